The molecule has 2 fully saturated rings. The second-order valence-electron chi connectivity index (χ2n) is 16.3. The first-order chi connectivity index (χ1) is 26.9. The van der Waals surface area contributed by atoms with Crippen LogP contribution in [0.3, 0.4) is 0 Å². The number of anilines is 2. The van der Waals surface area contributed by atoms with Gasteiger partial charge >= 0.3 is 12.1 Å². The molecule has 0 atom stereocenters. The molecule has 0 saturated heterocycles. The van der Waals surface area contributed by atoms with E-state index in [0.717, 1.165) is 85.1 Å². The number of aliphatic hydroxyl groups excluding tert-OH is 1. The molecule has 0 aliphatic heterocycles. The van der Waals surface area contributed by atoms with Crippen LogP contribution in [-0.4, -0.2) is 82.8 Å². The van der Waals surface area contributed by atoms with Crippen molar-refractivity contribution >= 4 is 40.9 Å². The Labute approximate surface area is 336 Å². The number of amides is 1. The van der Waals surface area contributed by atoms with Crippen LogP contribution >= 0.6 is 0 Å². The smallest absolute Gasteiger partial charge is 0.407 e. The van der Waals surface area contributed by atoms with Gasteiger partial charge in [0.25, 0.3) is 12.0 Å². The summed E-state index contributed by atoms with van der Waals surface area (Å²) in [6.07, 6.45) is 8.24. The summed E-state index contributed by atoms with van der Waals surface area (Å²) in [6, 6.07) is 12.0. The number of rotatable bonds is 11. The van der Waals surface area contributed by atoms with Gasteiger partial charge in [-0.15, -0.1) is 0 Å². The molecule has 57 heavy (non-hydrogen) atoms. The minimum Gasteiger partial charge on any atom is -0.497 e. The molecule has 2 aromatic carbocycles. The Hall–Kier alpha value is -4.89. The van der Waals surface area contributed by atoms with Gasteiger partial charge < -0.3 is 50.3 Å². The Morgan fingerprint density at radius 2 is 1.60 bits per heavy atom. The number of aliphatic hydroxyl groups is 1. The van der Waals surface area contributed by atoms with Gasteiger partial charge in [-0.2, -0.15) is 0 Å². The monoisotopic (exact) mass is 796 g/mol. The van der Waals surface area contributed by atoms with Crippen LogP contribution in [-0.2, 0) is 30.4 Å². The van der Waals surface area contributed by atoms with Gasteiger partial charge in [0.05, 0.1) is 48.9 Å². The Balaban J connectivity index is 0.000000264. The Morgan fingerprint density at radius 1 is 0.930 bits per heavy atom. The number of hydrogen-bond donors (Lipinski definition) is 5. The lowest BCUT2D eigenvalue weighted by molar-refractivity contribution is -0.141. The summed E-state index contributed by atoms with van der Waals surface area (Å²) in [7, 11) is 1.64. The van der Waals surface area contributed by atoms with E-state index in [9.17, 15) is 24.3 Å². The molecule has 316 valence electrons. The molecule has 5 rings (SSSR count). The molecular weight excluding hydrogens is 732 g/mol. The van der Waals surface area contributed by atoms with E-state index in [1.54, 1.807) is 18.6 Å². The molecule has 1 heterocycles. The standard InChI is InChI=1S/C20H27N3O4.C17H27N3O3.C5H10O2/c1-20(2,3)27-19(26)22-14-5-7-15(8-6-14)23-17-10-13(12-24)4-9-16(17)21-11-18(23)25;1-3-23-17(21)11-19-15-9-8-14(22-2)10-16(15)20-13-6-4-12(18)5-7-13;1-5(2,3)7-4-6/h4,9-11,14-15,24H,5-8,12H2,1-3H3,(H,22,26);8-10,12-13,19-20H,3-7,11,18H2,1-2H3;4H,1-3H3. The molecule has 2 aliphatic carbocycles. The highest BCUT2D eigenvalue weighted by Crippen LogP contribution is 2.31. The number of hydrogen-bond acceptors (Lipinski definition) is 13. The minimum atomic E-state index is -0.519. The summed E-state index contributed by atoms with van der Waals surface area (Å²) < 4.78 is 21.9. The van der Waals surface area contributed by atoms with Gasteiger partial charge in [0.1, 0.15) is 23.5 Å². The van der Waals surface area contributed by atoms with Crippen molar-refractivity contribution < 1.29 is 38.4 Å². The molecule has 2 saturated carbocycles. The highest BCUT2D eigenvalue weighted by molar-refractivity contribution is 5.79. The molecule has 6 N–H and O–H groups in total. The van der Waals surface area contributed by atoms with Gasteiger partial charge in [0.2, 0.25) is 0 Å². The van der Waals surface area contributed by atoms with Crippen LogP contribution in [0.5, 0.6) is 5.75 Å². The van der Waals surface area contributed by atoms with E-state index in [4.69, 9.17) is 19.9 Å². The number of aromatic nitrogens is 2. The molecule has 1 amide bonds. The van der Waals surface area contributed by atoms with Gasteiger partial charge in [-0.3, -0.25) is 14.4 Å². The summed E-state index contributed by atoms with van der Waals surface area (Å²) in [5.41, 5.74) is 9.04. The number of benzene rings is 2. The lowest BCUT2D eigenvalue weighted by Crippen LogP contribution is -2.41. The van der Waals surface area contributed by atoms with Crippen molar-refractivity contribution in [3.8, 4) is 5.75 Å². The predicted octanol–water partition coefficient (Wildman–Crippen LogP) is 6.21. The first-order valence-electron chi connectivity index (χ1n) is 19.8. The number of carbonyl (C=O) groups excluding carboxylic acids is 3. The quantitative estimate of drug-likeness (QED) is 0.0833. The Morgan fingerprint density at radius 3 is 2.16 bits per heavy atom. The summed E-state index contributed by atoms with van der Waals surface area (Å²) in [5, 5.41) is 19.0. The molecule has 0 unspecified atom stereocenters. The number of ether oxygens (including phenoxy) is 4. The van der Waals surface area contributed by atoms with E-state index >= 15 is 0 Å². The van der Waals surface area contributed by atoms with Crippen LogP contribution in [0, 0.1) is 0 Å². The SMILES string of the molecule is CC(C)(C)OC(=O)NC1CCC(n2c(=O)cnc3ccc(CO)cc32)CC1.CC(C)(C)OC=O.CCOC(=O)CNc1ccc(OC)cc1NC1CCC(N)CC1. The second-order valence-corrected chi connectivity index (χ2v) is 16.3. The predicted molar refractivity (Wildman–Crippen MR) is 221 cm³/mol. The normalized spacial score (nSPS) is 19.3. The number of nitrogens with zero attached hydrogens (tertiary/aromatic N) is 2. The molecule has 0 radical (unpaired) electrons. The topological polar surface area (TPSA) is 205 Å². The van der Waals surface area contributed by atoms with Crippen molar-refractivity contribution in [1.29, 1.82) is 0 Å². The van der Waals surface area contributed by atoms with Crippen molar-refractivity contribution in [3.05, 3.63) is 58.5 Å². The zero-order valence-corrected chi connectivity index (χ0v) is 34.9. The summed E-state index contributed by atoms with van der Waals surface area (Å²) in [5.74, 6) is 0.514. The molecule has 1 aromatic heterocycles. The number of alkyl carbamates (subject to hydrolysis) is 1. The first kappa shape index (κ1) is 46.5. The van der Waals surface area contributed by atoms with Crippen molar-refractivity contribution in [1.82, 2.24) is 14.9 Å². The fourth-order valence-corrected chi connectivity index (χ4v) is 6.54. The van der Waals surface area contributed by atoms with Crippen LogP contribution < -0.4 is 32.0 Å². The van der Waals surface area contributed by atoms with E-state index in [2.05, 4.69) is 25.7 Å². The van der Waals surface area contributed by atoms with Crippen molar-refractivity contribution in [2.45, 2.75) is 142 Å². The van der Waals surface area contributed by atoms with Crippen molar-refractivity contribution in [3.63, 3.8) is 0 Å². The fraction of sp³-hybridized carbons (Fsp3) is 0.595. The lowest BCUT2D eigenvalue weighted by atomic mass is 9.90. The van der Waals surface area contributed by atoms with Gasteiger partial charge in [0, 0.05) is 30.2 Å². The Bertz CT molecular complexity index is 1790. The summed E-state index contributed by atoms with van der Waals surface area (Å²) >= 11 is 0. The molecule has 0 spiro atoms. The molecule has 15 nitrogen and oxygen atoms in total. The van der Waals surface area contributed by atoms with Crippen LogP contribution in [0.15, 0.2) is 47.4 Å². The number of nitrogens with one attached hydrogen (secondary N) is 3. The van der Waals surface area contributed by atoms with Crippen molar-refractivity contribution in [2.24, 2.45) is 5.73 Å². The third-order valence-electron chi connectivity index (χ3n) is 9.30. The maximum atomic E-state index is 12.5. The van der Waals surface area contributed by atoms with Crippen LogP contribution in [0.25, 0.3) is 11.0 Å². The average molecular weight is 797 g/mol. The number of esters is 1. The zero-order valence-electron chi connectivity index (χ0n) is 34.9. The van der Waals surface area contributed by atoms with E-state index in [1.807, 2.05) is 77.9 Å². The van der Waals surface area contributed by atoms with E-state index in [-0.39, 0.29) is 42.4 Å². The molecule has 15 heteroatoms. The van der Waals surface area contributed by atoms with Crippen LogP contribution in [0.1, 0.15) is 111 Å². The molecule has 0 bridgehead atoms. The third kappa shape index (κ3) is 16.2. The van der Waals surface area contributed by atoms with Gasteiger partial charge in [0.15, 0.2) is 0 Å². The van der Waals surface area contributed by atoms with Gasteiger partial charge in [-0.1, -0.05) is 6.07 Å². The molecule has 3 aromatic rings. The van der Waals surface area contributed by atoms with Crippen LogP contribution in [0.2, 0.25) is 0 Å². The van der Waals surface area contributed by atoms with Gasteiger partial charge in [-0.25, -0.2) is 9.78 Å². The van der Waals surface area contributed by atoms with E-state index in [0.29, 0.717) is 25.2 Å². The maximum absolute atomic E-state index is 12.5. The molecular formula is C42H64N6O9. The summed E-state index contributed by atoms with van der Waals surface area (Å²) in [6.45, 7) is 13.7. The number of methoxy groups -OCH3 is 1. The number of nitrogens with two attached hydrogens (primary N) is 1. The number of fused-ring (bicyclic) bond motifs is 1. The largest absolute Gasteiger partial charge is 0.497 e. The third-order valence-corrected chi connectivity index (χ3v) is 9.30. The highest BCUT2D eigenvalue weighted by Gasteiger charge is 2.27. The highest BCUT2D eigenvalue weighted by atomic mass is 16.6. The van der Waals surface area contributed by atoms with Crippen LogP contribution in [0.4, 0.5) is 16.2 Å². The van der Waals surface area contributed by atoms with Gasteiger partial charge in [-0.05, 0) is 130 Å². The first-order valence-corrected chi connectivity index (χ1v) is 19.8. The lowest BCUT2D eigenvalue weighted by Gasteiger charge is -2.31. The Kier molecular flexibility index (Phi) is 18.1. The van der Waals surface area contributed by atoms with E-state index < -0.39 is 11.7 Å². The van der Waals surface area contributed by atoms with E-state index in [1.165, 1.54) is 6.20 Å². The number of carbonyl (C=O) groups is 3. The van der Waals surface area contributed by atoms with Crippen molar-refractivity contribution in [2.75, 3.05) is 30.9 Å². The summed E-state index contributed by atoms with van der Waals surface area (Å²) in [4.78, 5) is 49.8. The minimum absolute atomic E-state index is 0.0490. The average Bonchev–Trinajstić information content (AvgIpc) is 3.15. The maximum Gasteiger partial charge on any atom is 0.407 e. The fourth-order valence-electron chi connectivity index (χ4n) is 6.54. The zero-order chi connectivity index (χ0) is 42.2. The second kappa shape index (κ2) is 22.2. The molecule has 2 aliphatic rings.